The summed E-state index contributed by atoms with van der Waals surface area (Å²) in [5.41, 5.74) is 0. The molecule has 0 saturated carbocycles. The van der Waals surface area contributed by atoms with Crippen LogP contribution in [0.5, 0.6) is 0 Å². The second-order valence-corrected chi connectivity index (χ2v) is 6.23. The lowest BCUT2D eigenvalue weighted by Crippen LogP contribution is -2.37. The molecule has 0 heterocycles. The molecule has 0 aromatic heterocycles. The monoisotopic (exact) mass is 359 g/mol. The lowest BCUT2D eigenvalue weighted by atomic mass is 10.1. The first-order valence-electron chi connectivity index (χ1n) is 8.92. The summed E-state index contributed by atoms with van der Waals surface area (Å²) >= 11 is 0. The maximum absolute atomic E-state index is 12.6. The van der Waals surface area contributed by atoms with E-state index in [0.717, 1.165) is 25.7 Å². The molecule has 0 aliphatic rings. The molecule has 1 amide bonds. The number of hydrogen-bond donors (Lipinski definition) is 1. The number of amides is 1. The Morgan fingerprint density at radius 3 is 1.79 bits per heavy atom. The highest BCUT2D eigenvalue weighted by atomic mass is 19.4. The van der Waals surface area contributed by atoms with Crippen molar-refractivity contribution in [3.05, 3.63) is 0 Å². The highest BCUT2D eigenvalue weighted by molar-refractivity contribution is 5.75. The van der Waals surface area contributed by atoms with Gasteiger partial charge in [-0.25, -0.2) is 0 Å². The van der Waals surface area contributed by atoms with Crippen molar-refractivity contribution in [1.29, 1.82) is 0 Å². The summed E-state index contributed by atoms with van der Waals surface area (Å²) in [6, 6.07) is 0. The van der Waals surface area contributed by atoms with Gasteiger partial charge in [-0.15, -0.1) is 0 Å². The molecule has 0 rings (SSSR count). The maximum Gasteiger partial charge on any atom is 0.453 e. The van der Waals surface area contributed by atoms with Gasteiger partial charge in [0.25, 0.3) is 0 Å². The average Bonchev–Trinajstić information content (AvgIpc) is 2.49. The lowest BCUT2D eigenvalue weighted by Gasteiger charge is -2.19. The van der Waals surface area contributed by atoms with Gasteiger partial charge >= 0.3 is 12.1 Å². The van der Waals surface area contributed by atoms with E-state index < -0.39 is 24.9 Å². The molecule has 7 heteroatoms. The summed E-state index contributed by atoms with van der Waals surface area (Å²) in [5.74, 6) is -4.97. The van der Waals surface area contributed by atoms with E-state index in [4.69, 9.17) is 0 Å². The van der Waals surface area contributed by atoms with Crippen LogP contribution in [0.4, 0.5) is 22.0 Å². The van der Waals surface area contributed by atoms with E-state index in [0.29, 0.717) is 6.42 Å². The van der Waals surface area contributed by atoms with Gasteiger partial charge in [0, 0.05) is 19.4 Å². The zero-order valence-corrected chi connectivity index (χ0v) is 14.5. The number of unbranched alkanes of at least 4 members (excludes halogenated alkanes) is 8. The van der Waals surface area contributed by atoms with Gasteiger partial charge in [0.15, 0.2) is 0 Å². The first-order valence-corrected chi connectivity index (χ1v) is 8.92. The van der Waals surface area contributed by atoms with Crippen LogP contribution in [0.1, 0.15) is 84.0 Å². The normalized spacial score (nSPS) is 12.4. The summed E-state index contributed by atoms with van der Waals surface area (Å²) in [6.07, 6.45) is 3.19. The summed E-state index contributed by atoms with van der Waals surface area (Å²) in [4.78, 5) is 11.5. The van der Waals surface area contributed by atoms with Crippen LogP contribution in [0.25, 0.3) is 0 Å². The van der Waals surface area contributed by atoms with E-state index in [2.05, 4.69) is 12.2 Å². The third kappa shape index (κ3) is 11.6. The van der Waals surface area contributed by atoms with Crippen LogP contribution >= 0.6 is 0 Å². The maximum atomic E-state index is 12.6. The van der Waals surface area contributed by atoms with Gasteiger partial charge in [0.1, 0.15) is 0 Å². The van der Waals surface area contributed by atoms with E-state index in [1.165, 1.54) is 32.1 Å². The van der Waals surface area contributed by atoms with Crippen molar-refractivity contribution in [1.82, 2.24) is 5.32 Å². The van der Waals surface area contributed by atoms with Crippen LogP contribution < -0.4 is 5.32 Å². The van der Waals surface area contributed by atoms with Crippen LogP contribution in [0.2, 0.25) is 0 Å². The molecule has 0 aromatic rings. The Morgan fingerprint density at radius 1 is 0.792 bits per heavy atom. The standard InChI is InChI=1S/C17H30F5NO/c1-2-3-4-5-6-7-8-9-10-12-15(24)23-14-11-13-16(18,19)17(20,21)22/h2-14H2,1H3,(H,23,24). The SMILES string of the molecule is CCCCCCCCCCCC(=O)NCCCC(F)(F)C(F)(F)F. The molecular weight excluding hydrogens is 329 g/mol. The van der Waals surface area contributed by atoms with Crippen LogP contribution in [-0.4, -0.2) is 24.6 Å². The highest BCUT2D eigenvalue weighted by Gasteiger charge is 2.56. The van der Waals surface area contributed by atoms with E-state index in [-0.39, 0.29) is 12.5 Å². The number of carbonyl (C=O) groups is 1. The van der Waals surface area contributed by atoms with Gasteiger partial charge in [-0.05, 0) is 12.8 Å². The largest absolute Gasteiger partial charge is 0.453 e. The molecule has 0 bridgehead atoms. The molecule has 144 valence electrons. The molecule has 0 unspecified atom stereocenters. The van der Waals surface area contributed by atoms with Gasteiger partial charge in [0.2, 0.25) is 5.91 Å². The fourth-order valence-electron chi connectivity index (χ4n) is 2.36. The molecule has 0 aliphatic heterocycles. The molecule has 0 aliphatic carbocycles. The number of rotatable bonds is 14. The average molecular weight is 359 g/mol. The van der Waals surface area contributed by atoms with Gasteiger partial charge in [0.05, 0.1) is 0 Å². The summed E-state index contributed by atoms with van der Waals surface area (Å²) in [6.45, 7) is 2.02. The molecule has 0 fully saturated rings. The minimum atomic E-state index is -5.52. The Hall–Kier alpha value is -0.880. The van der Waals surface area contributed by atoms with E-state index >= 15 is 0 Å². The molecule has 2 nitrogen and oxygen atoms in total. The summed E-state index contributed by atoms with van der Waals surface area (Å²) in [5, 5.41) is 2.39. The highest BCUT2D eigenvalue weighted by Crippen LogP contribution is 2.38. The Labute approximate surface area is 141 Å². The number of nitrogens with one attached hydrogen (secondary N) is 1. The number of alkyl halides is 5. The smallest absolute Gasteiger partial charge is 0.356 e. The molecule has 24 heavy (non-hydrogen) atoms. The Morgan fingerprint density at radius 2 is 1.29 bits per heavy atom. The predicted molar refractivity (Wildman–Crippen MR) is 85.1 cm³/mol. The lowest BCUT2D eigenvalue weighted by molar-refractivity contribution is -0.284. The quantitative estimate of drug-likeness (QED) is 0.299. The van der Waals surface area contributed by atoms with Crippen molar-refractivity contribution in [3.8, 4) is 0 Å². The number of carbonyl (C=O) groups excluding carboxylic acids is 1. The Balaban J connectivity index is 3.48. The molecule has 0 radical (unpaired) electrons. The first kappa shape index (κ1) is 23.1. The van der Waals surface area contributed by atoms with Crippen molar-refractivity contribution in [2.75, 3.05) is 6.54 Å². The number of halogens is 5. The van der Waals surface area contributed by atoms with Crippen LogP contribution in [0.3, 0.4) is 0 Å². The van der Waals surface area contributed by atoms with Crippen molar-refractivity contribution in [3.63, 3.8) is 0 Å². The molecule has 1 N–H and O–H groups in total. The van der Waals surface area contributed by atoms with Crippen molar-refractivity contribution in [2.45, 2.75) is 96.1 Å². The van der Waals surface area contributed by atoms with Crippen LogP contribution in [-0.2, 0) is 4.79 Å². The fraction of sp³-hybridized carbons (Fsp3) is 0.941. The second-order valence-electron chi connectivity index (χ2n) is 6.23. The van der Waals surface area contributed by atoms with Crippen molar-refractivity contribution < 1.29 is 26.7 Å². The minimum Gasteiger partial charge on any atom is -0.356 e. The van der Waals surface area contributed by atoms with Gasteiger partial charge in [-0.3, -0.25) is 4.79 Å². The summed E-state index contributed by atoms with van der Waals surface area (Å²) < 4.78 is 61.1. The fourth-order valence-corrected chi connectivity index (χ4v) is 2.36. The zero-order valence-electron chi connectivity index (χ0n) is 14.5. The Bertz CT molecular complexity index is 331. The zero-order chi connectivity index (χ0) is 18.5. The number of hydrogen-bond acceptors (Lipinski definition) is 1. The molecule has 0 spiro atoms. The van der Waals surface area contributed by atoms with Gasteiger partial charge < -0.3 is 5.32 Å². The Kier molecular flexibility index (Phi) is 12.0. The van der Waals surface area contributed by atoms with E-state index in [9.17, 15) is 26.7 Å². The topological polar surface area (TPSA) is 29.1 Å². The minimum absolute atomic E-state index is 0.151. The molecule has 0 aromatic carbocycles. The first-order chi connectivity index (χ1) is 11.2. The van der Waals surface area contributed by atoms with Gasteiger partial charge in [-0.2, -0.15) is 22.0 Å². The molecule has 0 atom stereocenters. The van der Waals surface area contributed by atoms with Crippen LogP contribution in [0, 0.1) is 0 Å². The van der Waals surface area contributed by atoms with E-state index in [1.807, 2.05) is 0 Å². The van der Waals surface area contributed by atoms with Crippen LogP contribution in [0.15, 0.2) is 0 Å². The van der Waals surface area contributed by atoms with Crippen molar-refractivity contribution in [2.24, 2.45) is 0 Å². The third-order valence-corrected chi connectivity index (χ3v) is 3.91. The third-order valence-electron chi connectivity index (χ3n) is 3.91. The molecular formula is C17H30F5NO. The van der Waals surface area contributed by atoms with E-state index in [1.54, 1.807) is 0 Å². The second kappa shape index (κ2) is 12.5. The van der Waals surface area contributed by atoms with Gasteiger partial charge in [-0.1, -0.05) is 58.3 Å². The predicted octanol–water partition coefficient (Wildman–Crippen LogP) is 6.00. The van der Waals surface area contributed by atoms with Crippen molar-refractivity contribution >= 4 is 5.91 Å². The summed E-state index contributed by atoms with van der Waals surface area (Å²) in [7, 11) is 0. The molecule has 0 saturated heterocycles.